The van der Waals surface area contributed by atoms with E-state index in [1.807, 2.05) is 0 Å². The van der Waals surface area contributed by atoms with Gasteiger partial charge in [-0.2, -0.15) is 4.98 Å². The molecule has 0 aliphatic carbocycles. The maximum absolute atomic E-state index is 13.1. The molecule has 0 spiro atoms. The smallest absolute Gasteiger partial charge is 0.280 e. The highest BCUT2D eigenvalue weighted by Crippen LogP contribution is 2.31. The molecule has 7 nitrogen and oxygen atoms in total. The molecule has 1 aliphatic rings. The summed E-state index contributed by atoms with van der Waals surface area (Å²) in [4.78, 5) is 4.33. The van der Waals surface area contributed by atoms with Gasteiger partial charge in [0.1, 0.15) is 17.7 Å². The molecule has 140 valence electrons. The van der Waals surface area contributed by atoms with E-state index >= 15 is 0 Å². The molecule has 3 heterocycles. The van der Waals surface area contributed by atoms with E-state index in [0.29, 0.717) is 29.3 Å². The summed E-state index contributed by atoms with van der Waals surface area (Å²) >= 11 is 0. The van der Waals surface area contributed by atoms with Crippen LogP contribution < -0.4 is 0 Å². The van der Waals surface area contributed by atoms with Crippen molar-refractivity contribution in [2.45, 2.75) is 19.3 Å². The second kappa shape index (κ2) is 6.61. The minimum absolute atomic E-state index is 0.212. The Hall–Kier alpha value is -3.46. The van der Waals surface area contributed by atoms with E-state index in [-0.39, 0.29) is 30.2 Å². The van der Waals surface area contributed by atoms with Gasteiger partial charge in [-0.15, -0.1) is 5.10 Å². The molecule has 2 aromatic carbocycles. The van der Waals surface area contributed by atoms with Crippen molar-refractivity contribution in [3.63, 3.8) is 0 Å². The van der Waals surface area contributed by atoms with Crippen LogP contribution in [0.3, 0.4) is 0 Å². The SMILES string of the molecule is Fc1ccc(-c2noc(-c3nnn4c3CO[C@H](c3ccc(F)cc3)C4)n2)cc1. The predicted octanol–water partition coefficient (Wildman–Crippen LogP) is 3.54. The lowest BCUT2D eigenvalue weighted by Gasteiger charge is -2.24. The van der Waals surface area contributed by atoms with Crippen LogP contribution in [0.4, 0.5) is 8.78 Å². The Morgan fingerprint density at radius 3 is 2.43 bits per heavy atom. The fourth-order valence-corrected chi connectivity index (χ4v) is 3.09. The van der Waals surface area contributed by atoms with Crippen molar-refractivity contribution in [3.8, 4) is 23.0 Å². The minimum atomic E-state index is -0.340. The van der Waals surface area contributed by atoms with Crippen molar-refractivity contribution in [1.82, 2.24) is 25.1 Å². The van der Waals surface area contributed by atoms with Crippen LogP contribution in [0.25, 0.3) is 23.0 Å². The van der Waals surface area contributed by atoms with Gasteiger partial charge in [-0.1, -0.05) is 22.5 Å². The van der Waals surface area contributed by atoms with Crippen LogP contribution in [-0.2, 0) is 17.9 Å². The zero-order valence-corrected chi connectivity index (χ0v) is 14.4. The van der Waals surface area contributed by atoms with Crippen LogP contribution in [0.2, 0.25) is 0 Å². The van der Waals surface area contributed by atoms with Crippen LogP contribution in [0.1, 0.15) is 17.4 Å². The van der Waals surface area contributed by atoms with Crippen molar-refractivity contribution in [1.29, 1.82) is 0 Å². The highest BCUT2D eigenvalue weighted by molar-refractivity contribution is 5.58. The summed E-state index contributed by atoms with van der Waals surface area (Å²) in [6.45, 7) is 0.686. The monoisotopic (exact) mass is 381 g/mol. The largest absolute Gasteiger partial charge is 0.365 e. The van der Waals surface area contributed by atoms with Gasteiger partial charge in [0.25, 0.3) is 5.89 Å². The molecule has 1 atom stereocenters. The van der Waals surface area contributed by atoms with E-state index in [4.69, 9.17) is 9.26 Å². The summed E-state index contributed by atoms with van der Waals surface area (Å²) < 4.78 is 39.1. The third kappa shape index (κ3) is 2.95. The molecule has 28 heavy (non-hydrogen) atoms. The van der Waals surface area contributed by atoms with E-state index in [1.54, 1.807) is 28.9 Å². The Bertz CT molecular complexity index is 1120. The number of nitrogens with zero attached hydrogens (tertiary/aromatic N) is 5. The van der Waals surface area contributed by atoms with Crippen molar-refractivity contribution < 1.29 is 18.0 Å². The van der Waals surface area contributed by atoms with Crippen LogP contribution >= 0.6 is 0 Å². The molecule has 0 saturated carbocycles. The zero-order chi connectivity index (χ0) is 19.1. The predicted molar refractivity (Wildman–Crippen MR) is 92.6 cm³/mol. The van der Waals surface area contributed by atoms with Crippen LogP contribution in [-0.4, -0.2) is 25.1 Å². The second-order valence-corrected chi connectivity index (χ2v) is 6.35. The molecular formula is C19H13F2N5O2. The Balaban J connectivity index is 1.41. The summed E-state index contributed by atoms with van der Waals surface area (Å²) in [5.74, 6) is -0.0913. The third-order valence-electron chi connectivity index (χ3n) is 4.57. The minimum Gasteiger partial charge on any atom is -0.365 e. The van der Waals surface area contributed by atoms with Gasteiger partial charge in [0.15, 0.2) is 5.69 Å². The van der Waals surface area contributed by atoms with Crippen LogP contribution in [0.15, 0.2) is 53.1 Å². The van der Waals surface area contributed by atoms with E-state index in [2.05, 4.69) is 20.5 Å². The number of benzene rings is 2. The summed E-state index contributed by atoms with van der Waals surface area (Å²) in [5, 5.41) is 12.2. The van der Waals surface area contributed by atoms with E-state index in [9.17, 15) is 8.78 Å². The molecule has 4 aromatic rings. The quantitative estimate of drug-likeness (QED) is 0.540. The molecule has 0 radical (unpaired) electrons. The summed E-state index contributed by atoms with van der Waals surface area (Å²) in [6, 6.07) is 12.0. The number of aromatic nitrogens is 5. The lowest BCUT2D eigenvalue weighted by molar-refractivity contribution is -0.00120. The number of hydrogen-bond donors (Lipinski definition) is 0. The summed E-state index contributed by atoms with van der Waals surface area (Å²) in [5.41, 5.74) is 2.65. The first-order chi connectivity index (χ1) is 13.7. The first-order valence-corrected chi connectivity index (χ1v) is 8.57. The third-order valence-corrected chi connectivity index (χ3v) is 4.57. The number of rotatable bonds is 3. The molecule has 0 saturated heterocycles. The standard InChI is InChI=1S/C19H13F2N5O2/c20-13-5-1-11(2-6-13)16-9-26-15(10-27-16)17(23-25-26)19-22-18(24-28-19)12-3-7-14(21)8-4-12/h1-8,16H,9-10H2/t16-/m0/s1. The number of fused-ring (bicyclic) bond motifs is 1. The first kappa shape index (κ1) is 16.7. The molecule has 0 N–H and O–H groups in total. The Morgan fingerprint density at radius 1 is 0.964 bits per heavy atom. The maximum Gasteiger partial charge on any atom is 0.280 e. The van der Waals surface area contributed by atoms with E-state index < -0.39 is 0 Å². The Kier molecular flexibility index (Phi) is 3.94. The van der Waals surface area contributed by atoms with Crippen molar-refractivity contribution in [3.05, 3.63) is 71.4 Å². The summed E-state index contributed by atoms with van der Waals surface area (Å²) in [7, 11) is 0. The maximum atomic E-state index is 13.1. The molecule has 2 aromatic heterocycles. The van der Waals surface area contributed by atoms with E-state index in [0.717, 1.165) is 5.56 Å². The lowest BCUT2D eigenvalue weighted by atomic mass is 10.1. The van der Waals surface area contributed by atoms with Gasteiger partial charge in [0.05, 0.1) is 18.8 Å². The molecule has 0 unspecified atom stereocenters. The van der Waals surface area contributed by atoms with Gasteiger partial charge in [-0.25, -0.2) is 13.5 Å². The number of ether oxygens (including phenoxy) is 1. The van der Waals surface area contributed by atoms with Crippen molar-refractivity contribution in [2.75, 3.05) is 0 Å². The second-order valence-electron chi connectivity index (χ2n) is 6.35. The normalized spacial score (nSPS) is 16.1. The van der Waals surface area contributed by atoms with E-state index in [1.165, 1.54) is 24.3 Å². The Morgan fingerprint density at radius 2 is 1.68 bits per heavy atom. The molecule has 1 aliphatic heterocycles. The fourth-order valence-electron chi connectivity index (χ4n) is 3.09. The summed E-state index contributed by atoms with van der Waals surface area (Å²) in [6.07, 6.45) is -0.250. The average Bonchev–Trinajstić information content (AvgIpc) is 3.35. The van der Waals surface area contributed by atoms with Crippen molar-refractivity contribution >= 4 is 0 Å². The highest BCUT2D eigenvalue weighted by Gasteiger charge is 2.28. The van der Waals surface area contributed by atoms with Crippen molar-refractivity contribution in [2.24, 2.45) is 0 Å². The number of hydrogen-bond acceptors (Lipinski definition) is 6. The average molecular weight is 381 g/mol. The fraction of sp³-hybridized carbons (Fsp3) is 0.158. The van der Waals surface area contributed by atoms with Gasteiger partial charge in [0.2, 0.25) is 5.82 Å². The van der Waals surface area contributed by atoms with Crippen LogP contribution in [0.5, 0.6) is 0 Å². The van der Waals surface area contributed by atoms with Gasteiger partial charge in [-0.05, 0) is 42.0 Å². The molecule has 9 heteroatoms. The topological polar surface area (TPSA) is 78.9 Å². The van der Waals surface area contributed by atoms with Gasteiger partial charge >= 0.3 is 0 Å². The van der Waals surface area contributed by atoms with Gasteiger partial charge < -0.3 is 9.26 Å². The molecule has 0 fully saturated rings. The zero-order valence-electron chi connectivity index (χ0n) is 14.4. The molecule has 0 bridgehead atoms. The van der Waals surface area contributed by atoms with Crippen LogP contribution in [0, 0.1) is 11.6 Å². The molecular weight excluding hydrogens is 368 g/mol. The number of halogens is 2. The van der Waals surface area contributed by atoms with Gasteiger partial charge in [0, 0.05) is 5.56 Å². The molecule has 5 rings (SSSR count). The van der Waals surface area contributed by atoms with Gasteiger partial charge in [-0.3, -0.25) is 0 Å². The lowest BCUT2D eigenvalue weighted by Crippen LogP contribution is -2.22. The highest BCUT2D eigenvalue weighted by atomic mass is 19.1. The first-order valence-electron chi connectivity index (χ1n) is 8.57. The Labute approximate surface area is 157 Å². The molecule has 0 amide bonds.